The summed E-state index contributed by atoms with van der Waals surface area (Å²) in [5, 5.41) is 12.6. The Morgan fingerprint density at radius 1 is 0.929 bits per heavy atom. The summed E-state index contributed by atoms with van der Waals surface area (Å²) in [6, 6.07) is 24.2. The summed E-state index contributed by atoms with van der Waals surface area (Å²) >= 11 is 0. The van der Waals surface area contributed by atoms with Crippen molar-refractivity contribution in [3.63, 3.8) is 0 Å². The third-order valence-corrected chi connectivity index (χ3v) is 5.11. The molecule has 4 aromatic rings. The van der Waals surface area contributed by atoms with Crippen LogP contribution in [0.1, 0.15) is 12.5 Å². The molecule has 2 N–H and O–H groups in total. The Labute approximate surface area is 165 Å². The van der Waals surface area contributed by atoms with Gasteiger partial charge in [-0.1, -0.05) is 48.5 Å². The lowest BCUT2D eigenvalue weighted by atomic mass is 10.1. The number of hydrogen-bond donors (Lipinski definition) is 2. The van der Waals surface area contributed by atoms with Crippen molar-refractivity contribution in [3.8, 4) is 5.75 Å². The Hall–Kier alpha value is -2.82. The number of quaternary nitrogens is 1. The van der Waals surface area contributed by atoms with Crippen LogP contribution in [-0.4, -0.2) is 30.9 Å². The number of fused-ring (bicyclic) bond motifs is 3. The van der Waals surface area contributed by atoms with Gasteiger partial charge in [0, 0.05) is 16.3 Å². The maximum atomic E-state index is 10.5. The summed E-state index contributed by atoms with van der Waals surface area (Å²) in [5.41, 5.74) is 3.00. The number of nitrogens with one attached hydrogen (secondary N) is 1. The molecule has 0 amide bonds. The van der Waals surface area contributed by atoms with Crippen LogP contribution < -0.4 is 9.64 Å². The van der Waals surface area contributed by atoms with E-state index in [2.05, 4.69) is 31.2 Å². The molecular formula is C24H26NO3+. The van der Waals surface area contributed by atoms with Crippen LogP contribution in [0.5, 0.6) is 5.75 Å². The van der Waals surface area contributed by atoms with Crippen LogP contribution in [0.2, 0.25) is 0 Å². The predicted molar refractivity (Wildman–Crippen MR) is 112 cm³/mol. The molecule has 4 rings (SSSR count). The average Bonchev–Trinajstić information content (AvgIpc) is 3.10. The molecule has 0 saturated carbocycles. The van der Waals surface area contributed by atoms with Gasteiger partial charge in [-0.15, -0.1) is 0 Å². The third kappa shape index (κ3) is 4.19. The SMILES string of the molecule is CC[NH+](Cc1ccccc1)C[C@@H](O)COc1ccc2oc3ccccc3c2c1. The first-order chi connectivity index (χ1) is 13.7. The van der Waals surface area contributed by atoms with Crippen molar-refractivity contribution in [3.05, 3.63) is 78.4 Å². The van der Waals surface area contributed by atoms with Crippen LogP contribution in [0.3, 0.4) is 0 Å². The summed E-state index contributed by atoms with van der Waals surface area (Å²) in [4.78, 5) is 1.33. The van der Waals surface area contributed by atoms with Crippen molar-refractivity contribution in [1.82, 2.24) is 0 Å². The minimum absolute atomic E-state index is 0.277. The van der Waals surface area contributed by atoms with E-state index in [1.165, 1.54) is 10.5 Å². The molecule has 0 aliphatic heterocycles. The van der Waals surface area contributed by atoms with E-state index in [1.54, 1.807) is 0 Å². The number of benzene rings is 3. The van der Waals surface area contributed by atoms with Crippen molar-refractivity contribution in [2.45, 2.75) is 19.6 Å². The maximum absolute atomic E-state index is 10.5. The highest BCUT2D eigenvalue weighted by atomic mass is 16.5. The number of aliphatic hydroxyl groups excluding tert-OH is 1. The van der Waals surface area contributed by atoms with Gasteiger partial charge in [-0.25, -0.2) is 0 Å². The summed E-state index contributed by atoms with van der Waals surface area (Å²) in [6.07, 6.45) is -0.518. The smallest absolute Gasteiger partial charge is 0.137 e. The Kier molecular flexibility index (Phi) is 5.60. The first-order valence-electron chi connectivity index (χ1n) is 9.82. The number of rotatable bonds is 8. The zero-order chi connectivity index (χ0) is 19.3. The van der Waals surface area contributed by atoms with Crippen LogP contribution in [0.25, 0.3) is 21.9 Å². The van der Waals surface area contributed by atoms with E-state index in [0.717, 1.165) is 40.8 Å². The lowest BCUT2D eigenvalue weighted by molar-refractivity contribution is -0.915. The van der Waals surface area contributed by atoms with Crippen molar-refractivity contribution >= 4 is 21.9 Å². The minimum atomic E-state index is -0.518. The number of aliphatic hydroxyl groups is 1. The molecule has 0 saturated heterocycles. The van der Waals surface area contributed by atoms with Crippen LogP contribution in [0, 0.1) is 0 Å². The van der Waals surface area contributed by atoms with Crippen molar-refractivity contribution in [1.29, 1.82) is 0 Å². The van der Waals surface area contributed by atoms with Crippen molar-refractivity contribution in [2.24, 2.45) is 0 Å². The minimum Gasteiger partial charge on any atom is -0.491 e. The second kappa shape index (κ2) is 8.46. The number of furan rings is 1. The largest absolute Gasteiger partial charge is 0.491 e. The monoisotopic (exact) mass is 376 g/mol. The van der Waals surface area contributed by atoms with Gasteiger partial charge in [-0.2, -0.15) is 0 Å². The molecular weight excluding hydrogens is 350 g/mol. The maximum Gasteiger partial charge on any atom is 0.137 e. The van der Waals surface area contributed by atoms with Crippen LogP contribution in [0.15, 0.2) is 77.2 Å². The van der Waals surface area contributed by atoms with Crippen LogP contribution >= 0.6 is 0 Å². The fraction of sp³-hybridized carbons (Fsp3) is 0.250. The number of likely N-dealkylation sites (N-methyl/N-ethyl adjacent to an activating group) is 1. The van der Waals surface area contributed by atoms with Crippen LogP contribution in [0.4, 0.5) is 0 Å². The van der Waals surface area contributed by atoms with Gasteiger partial charge in [0.25, 0.3) is 0 Å². The standard InChI is InChI=1S/C24H25NO3/c1-2-25(15-18-8-4-3-5-9-18)16-19(26)17-27-20-12-13-24-22(14-20)21-10-6-7-11-23(21)28-24/h3-14,19,26H,2,15-17H2,1H3/p+1/t19-/m1/s1. The van der Waals surface area contributed by atoms with E-state index >= 15 is 0 Å². The molecule has 144 valence electrons. The molecule has 0 fully saturated rings. The Balaban J connectivity index is 1.38. The highest BCUT2D eigenvalue weighted by Gasteiger charge is 2.15. The fourth-order valence-corrected chi connectivity index (χ4v) is 3.61. The van der Waals surface area contributed by atoms with E-state index < -0.39 is 6.10 Å². The van der Waals surface area contributed by atoms with E-state index in [1.807, 2.05) is 48.5 Å². The first-order valence-corrected chi connectivity index (χ1v) is 9.82. The molecule has 4 heteroatoms. The first kappa shape index (κ1) is 18.5. The molecule has 0 aliphatic rings. The van der Waals surface area contributed by atoms with Gasteiger partial charge in [0.05, 0.1) is 6.54 Å². The summed E-state index contributed by atoms with van der Waals surface area (Å²) in [7, 11) is 0. The molecule has 2 atom stereocenters. The molecule has 0 spiro atoms. The molecule has 0 radical (unpaired) electrons. The predicted octanol–water partition coefficient (Wildman–Crippen LogP) is 3.43. The molecule has 3 aromatic carbocycles. The number of para-hydroxylation sites is 1. The molecule has 1 heterocycles. The normalized spacial score (nSPS) is 13.6. The van der Waals surface area contributed by atoms with Gasteiger partial charge in [0.15, 0.2) is 0 Å². The van der Waals surface area contributed by atoms with Gasteiger partial charge < -0.3 is 19.2 Å². The highest BCUT2D eigenvalue weighted by Crippen LogP contribution is 2.31. The Bertz CT molecular complexity index is 1040. The van der Waals surface area contributed by atoms with E-state index in [-0.39, 0.29) is 6.61 Å². The third-order valence-electron chi connectivity index (χ3n) is 5.11. The quantitative estimate of drug-likeness (QED) is 0.495. The van der Waals surface area contributed by atoms with Crippen LogP contribution in [-0.2, 0) is 6.54 Å². The summed E-state index contributed by atoms with van der Waals surface area (Å²) in [6.45, 7) is 4.94. The second-order valence-electron chi connectivity index (χ2n) is 7.19. The molecule has 0 bridgehead atoms. The lowest BCUT2D eigenvalue weighted by Gasteiger charge is -2.21. The second-order valence-corrected chi connectivity index (χ2v) is 7.19. The van der Waals surface area contributed by atoms with E-state index in [0.29, 0.717) is 6.54 Å². The fourth-order valence-electron chi connectivity index (χ4n) is 3.61. The van der Waals surface area contributed by atoms with Gasteiger partial charge in [0.2, 0.25) is 0 Å². The van der Waals surface area contributed by atoms with E-state index in [9.17, 15) is 5.11 Å². The van der Waals surface area contributed by atoms with Gasteiger partial charge in [-0.05, 0) is 31.2 Å². The molecule has 1 aromatic heterocycles. The summed E-state index contributed by atoms with van der Waals surface area (Å²) in [5.74, 6) is 0.749. The Morgan fingerprint density at radius 3 is 2.50 bits per heavy atom. The Morgan fingerprint density at radius 2 is 1.68 bits per heavy atom. The lowest BCUT2D eigenvalue weighted by Crippen LogP contribution is -3.11. The number of ether oxygens (including phenoxy) is 1. The summed E-state index contributed by atoms with van der Waals surface area (Å²) < 4.78 is 11.7. The number of hydrogen-bond acceptors (Lipinski definition) is 3. The van der Waals surface area contributed by atoms with Crippen molar-refractivity contribution < 1.29 is 19.2 Å². The molecule has 28 heavy (non-hydrogen) atoms. The van der Waals surface area contributed by atoms with Gasteiger partial charge >= 0.3 is 0 Å². The van der Waals surface area contributed by atoms with Gasteiger partial charge in [-0.3, -0.25) is 0 Å². The van der Waals surface area contributed by atoms with Crippen molar-refractivity contribution in [2.75, 3.05) is 19.7 Å². The highest BCUT2D eigenvalue weighted by molar-refractivity contribution is 6.05. The molecule has 1 unspecified atom stereocenters. The molecule has 4 nitrogen and oxygen atoms in total. The zero-order valence-electron chi connectivity index (χ0n) is 16.1. The zero-order valence-corrected chi connectivity index (χ0v) is 16.1. The van der Waals surface area contributed by atoms with E-state index in [4.69, 9.17) is 9.15 Å². The topological polar surface area (TPSA) is 47.0 Å². The molecule has 0 aliphatic carbocycles. The average molecular weight is 376 g/mol. The van der Waals surface area contributed by atoms with Gasteiger partial charge in [0.1, 0.15) is 42.7 Å².